The molecule has 0 aliphatic carbocycles. The molecule has 0 aromatic heterocycles. The minimum absolute atomic E-state index is 1.05. The molecule has 0 fully saturated rings. The summed E-state index contributed by atoms with van der Waals surface area (Å²) in [5.74, 6) is 0. The number of anilines is 3. The second-order valence-corrected chi connectivity index (χ2v) is 10.1. The quantitative estimate of drug-likeness (QED) is 0.199. The molecule has 182 valence electrons. The predicted molar refractivity (Wildman–Crippen MR) is 165 cm³/mol. The lowest BCUT2D eigenvalue weighted by atomic mass is 10.00. The zero-order chi connectivity index (χ0) is 25.7. The number of nitrogens with zero attached hydrogens (tertiary/aromatic N) is 1. The minimum atomic E-state index is 1.05. The predicted octanol–water partition coefficient (Wildman–Crippen LogP) is 10.9. The molecule has 0 atom stereocenters. The average molecular weight is 553 g/mol. The smallest absolute Gasteiger partial charge is 0.0472 e. The van der Waals surface area contributed by atoms with Gasteiger partial charge in [0, 0.05) is 21.5 Å². The molecule has 0 saturated heterocycles. The van der Waals surface area contributed by atoms with Gasteiger partial charge in [-0.2, -0.15) is 0 Å². The van der Waals surface area contributed by atoms with E-state index in [2.05, 4.69) is 172 Å². The summed E-state index contributed by atoms with van der Waals surface area (Å²) >= 11 is 3.66. The first-order valence-electron chi connectivity index (χ1n) is 12.7. The standard InChI is InChI=1S/C36H26BrN/c37-33-12-7-13-36(26-33)38(34-22-18-31(19-23-34)28-10-5-2-6-11-28)35-24-20-32(21-25-35)30-16-14-29(15-17-30)27-8-3-1-4-9-27/h1-26H. The van der Waals surface area contributed by atoms with E-state index in [1.807, 2.05) is 6.07 Å². The van der Waals surface area contributed by atoms with Crippen LogP contribution < -0.4 is 4.90 Å². The van der Waals surface area contributed by atoms with Gasteiger partial charge in [0.15, 0.2) is 0 Å². The van der Waals surface area contributed by atoms with E-state index < -0.39 is 0 Å². The summed E-state index contributed by atoms with van der Waals surface area (Å²) in [4.78, 5) is 2.29. The molecule has 0 aliphatic heterocycles. The minimum Gasteiger partial charge on any atom is -0.310 e. The summed E-state index contributed by atoms with van der Waals surface area (Å²) in [6.07, 6.45) is 0. The summed E-state index contributed by atoms with van der Waals surface area (Å²) in [6, 6.07) is 55.8. The Labute approximate surface area is 232 Å². The van der Waals surface area contributed by atoms with Crippen molar-refractivity contribution in [3.8, 4) is 33.4 Å². The highest BCUT2D eigenvalue weighted by Crippen LogP contribution is 2.37. The Morgan fingerprint density at radius 1 is 0.316 bits per heavy atom. The van der Waals surface area contributed by atoms with Crippen LogP contribution in [0.3, 0.4) is 0 Å². The van der Waals surface area contributed by atoms with Crippen LogP contribution in [-0.2, 0) is 0 Å². The van der Waals surface area contributed by atoms with Gasteiger partial charge in [-0.15, -0.1) is 0 Å². The third-order valence-electron chi connectivity index (χ3n) is 6.75. The Bertz CT molecular complexity index is 1620. The first-order chi connectivity index (χ1) is 18.7. The Balaban J connectivity index is 1.32. The second kappa shape index (κ2) is 10.9. The molecule has 0 radical (unpaired) electrons. The summed E-state index contributed by atoms with van der Waals surface area (Å²) in [5, 5.41) is 0. The van der Waals surface area contributed by atoms with Gasteiger partial charge in [0.05, 0.1) is 0 Å². The molecule has 38 heavy (non-hydrogen) atoms. The molecular weight excluding hydrogens is 526 g/mol. The zero-order valence-electron chi connectivity index (χ0n) is 20.8. The summed E-state index contributed by atoms with van der Waals surface area (Å²) in [6.45, 7) is 0. The van der Waals surface area contributed by atoms with E-state index in [1.54, 1.807) is 0 Å². The van der Waals surface area contributed by atoms with Crippen LogP contribution in [0.5, 0.6) is 0 Å². The molecule has 0 saturated carbocycles. The van der Waals surface area contributed by atoms with Crippen LogP contribution >= 0.6 is 15.9 Å². The van der Waals surface area contributed by atoms with Crippen LogP contribution in [0.2, 0.25) is 0 Å². The van der Waals surface area contributed by atoms with Gasteiger partial charge in [-0.25, -0.2) is 0 Å². The van der Waals surface area contributed by atoms with E-state index in [-0.39, 0.29) is 0 Å². The monoisotopic (exact) mass is 551 g/mol. The van der Waals surface area contributed by atoms with E-state index in [1.165, 1.54) is 33.4 Å². The van der Waals surface area contributed by atoms with Crippen molar-refractivity contribution in [2.24, 2.45) is 0 Å². The number of hydrogen-bond donors (Lipinski definition) is 0. The highest BCUT2D eigenvalue weighted by Gasteiger charge is 2.13. The van der Waals surface area contributed by atoms with Crippen LogP contribution in [0.15, 0.2) is 162 Å². The van der Waals surface area contributed by atoms with Crippen molar-refractivity contribution in [1.82, 2.24) is 0 Å². The molecule has 0 bridgehead atoms. The van der Waals surface area contributed by atoms with Gasteiger partial charge < -0.3 is 4.90 Å². The Hall–Kier alpha value is -4.40. The molecule has 2 heteroatoms. The normalized spacial score (nSPS) is 10.8. The zero-order valence-corrected chi connectivity index (χ0v) is 22.4. The molecule has 0 amide bonds. The number of rotatable bonds is 6. The average Bonchev–Trinajstić information content (AvgIpc) is 2.99. The fourth-order valence-corrected chi connectivity index (χ4v) is 5.17. The van der Waals surface area contributed by atoms with Crippen LogP contribution in [0.4, 0.5) is 17.1 Å². The van der Waals surface area contributed by atoms with Gasteiger partial charge in [-0.05, 0) is 75.8 Å². The van der Waals surface area contributed by atoms with Crippen LogP contribution in [0.1, 0.15) is 0 Å². The molecule has 0 heterocycles. The molecule has 0 spiro atoms. The lowest BCUT2D eigenvalue weighted by molar-refractivity contribution is 1.28. The van der Waals surface area contributed by atoms with Crippen molar-refractivity contribution >= 4 is 33.0 Å². The maximum Gasteiger partial charge on any atom is 0.0472 e. The number of hydrogen-bond acceptors (Lipinski definition) is 1. The van der Waals surface area contributed by atoms with Crippen LogP contribution in [0.25, 0.3) is 33.4 Å². The van der Waals surface area contributed by atoms with E-state index in [0.717, 1.165) is 21.5 Å². The SMILES string of the molecule is Brc1cccc(N(c2ccc(-c3ccccc3)cc2)c2ccc(-c3ccc(-c4ccccc4)cc3)cc2)c1. The van der Waals surface area contributed by atoms with Gasteiger partial charge in [-0.1, -0.05) is 131 Å². The van der Waals surface area contributed by atoms with Crippen LogP contribution in [0, 0.1) is 0 Å². The molecule has 6 aromatic carbocycles. The summed E-state index contributed by atoms with van der Waals surface area (Å²) in [7, 11) is 0. The molecule has 6 rings (SSSR count). The van der Waals surface area contributed by atoms with Crippen molar-refractivity contribution in [2.75, 3.05) is 4.90 Å². The van der Waals surface area contributed by atoms with Crippen molar-refractivity contribution in [3.05, 3.63) is 162 Å². The maximum absolute atomic E-state index is 3.66. The molecule has 0 unspecified atom stereocenters. The first-order valence-corrected chi connectivity index (χ1v) is 13.5. The van der Waals surface area contributed by atoms with Gasteiger partial charge in [0.2, 0.25) is 0 Å². The molecule has 6 aromatic rings. The topological polar surface area (TPSA) is 3.24 Å². The third-order valence-corrected chi connectivity index (χ3v) is 7.24. The lowest BCUT2D eigenvalue weighted by Crippen LogP contribution is -2.09. The van der Waals surface area contributed by atoms with Gasteiger partial charge in [-0.3, -0.25) is 0 Å². The fraction of sp³-hybridized carbons (Fsp3) is 0. The fourth-order valence-electron chi connectivity index (χ4n) is 4.78. The third kappa shape index (κ3) is 5.18. The lowest BCUT2D eigenvalue weighted by Gasteiger charge is -2.26. The highest BCUT2D eigenvalue weighted by atomic mass is 79.9. The van der Waals surface area contributed by atoms with Crippen molar-refractivity contribution < 1.29 is 0 Å². The highest BCUT2D eigenvalue weighted by molar-refractivity contribution is 9.10. The van der Waals surface area contributed by atoms with Gasteiger partial charge in [0.1, 0.15) is 0 Å². The van der Waals surface area contributed by atoms with Crippen LogP contribution in [-0.4, -0.2) is 0 Å². The summed E-state index contributed by atoms with van der Waals surface area (Å²) < 4.78 is 1.05. The first kappa shape index (κ1) is 24.0. The Morgan fingerprint density at radius 3 is 1.08 bits per heavy atom. The van der Waals surface area contributed by atoms with Crippen molar-refractivity contribution in [1.29, 1.82) is 0 Å². The molecule has 0 aliphatic rings. The molecule has 0 N–H and O–H groups in total. The van der Waals surface area contributed by atoms with Crippen molar-refractivity contribution in [2.45, 2.75) is 0 Å². The Kier molecular flexibility index (Phi) is 6.89. The maximum atomic E-state index is 3.66. The summed E-state index contributed by atoms with van der Waals surface area (Å²) in [5.41, 5.74) is 10.6. The Morgan fingerprint density at radius 2 is 0.684 bits per heavy atom. The van der Waals surface area contributed by atoms with E-state index in [4.69, 9.17) is 0 Å². The van der Waals surface area contributed by atoms with E-state index >= 15 is 0 Å². The number of halogens is 1. The molecular formula is C36H26BrN. The van der Waals surface area contributed by atoms with E-state index in [9.17, 15) is 0 Å². The van der Waals surface area contributed by atoms with Gasteiger partial charge in [0.25, 0.3) is 0 Å². The molecule has 1 nitrogen and oxygen atoms in total. The van der Waals surface area contributed by atoms with Crippen molar-refractivity contribution in [3.63, 3.8) is 0 Å². The largest absolute Gasteiger partial charge is 0.310 e. The number of benzene rings is 6. The van der Waals surface area contributed by atoms with E-state index in [0.29, 0.717) is 0 Å². The van der Waals surface area contributed by atoms with Gasteiger partial charge >= 0.3 is 0 Å². The second-order valence-electron chi connectivity index (χ2n) is 9.22.